The van der Waals surface area contributed by atoms with Crippen molar-refractivity contribution in [1.29, 1.82) is 0 Å². The number of rotatable bonds is 5. The van der Waals surface area contributed by atoms with Gasteiger partial charge in [0.15, 0.2) is 0 Å². The van der Waals surface area contributed by atoms with Gasteiger partial charge in [0.1, 0.15) is 11.4 Å². The second kappa shape index (κ2) is 6.89. The molecule has 0 radical (unpaired) electrons. The number of nitrogens with zero attached hydrogens (tertiary/aromatic N) is 2. The Labute approximate surface area is 116 Å². The Morgan fingerprint density at radius 1 is 1.26 bits per heavy atom. The number of amides is 1. The number of thioether (sulfide) groups is 1. The van der Waals surface area contributed by atoms with Crippen LogP contribution >= 0.6 is 11.8 Å². The van der Waals surface area contributed by atoms with Crippen LogP contribution in [0.25, 0.3) is 0 Å². The Balaban J connectivity index is 1.76. The van der Waals surface area contributed by atoms with E-state index in [9.17, 15) is 4.79 Å². The van der Waals surface area contributed by atoms with E-state index in [1.54, 1.807) is 0 Å². The number of hydrogen-bond acceptors (Lipinski definition) is 4. The summed E-state index contributed by atoms with van der Waals surface area (Å²) in [6.07, 6.45) is 1.51. The lowest BCUT2D eigenvalue weighted by atomic mass is 10.2. The van der Waals surface area contributed by atoms with Gasteiger partial charge in [-0.3, -0.25) is 4.79 Å². The highest BCUT2D eigenvalue weighted by atomic mass is 32.2. The Morgan fingerprint density at radius 2 is 2.05 bits per heavy atom. The molecule has 5 heteroatoms. The molecule has 2 rings (SSSR count). The van der Waals surface area contributed by atoms with Crippen molar-refractivity contribution < 1.29 is 4.79 Å². The Morgan fingerprint density at radius 3 is 2.79 bits per heavy atom. The van der Waals surface area contributed by atoms with E-state index < -0.39 is 0 Å². The van der Waals surface area contributed by atoms with Crippen LogP contribution in [0.5, 0.6) is 0 Å². The molecular formula is C14H15N3OS. The molecule has 1 heterocycles. The van der Waals surface area contributed by atoms with Crippen LogP contribution in [-0.2, 0) is 11.3 Å². The molecule has 19 heavy (non-hydrogen) atoms. The highest BCUT2D eigenvalue weighted by Crippen LogP contribution is 2.14. The topological polar surface area (TPSA) is 54.9 Å². The van der Waals surface area contributed by atoms with Crippen LogP contribution in [0.15, 0.2) is 47.8 Å². The first-order chi connectivity index (χ1) is 9.24. The molecule has 0 fully saturated rings. The first-order valence-corrected chi connectivity index (χ1v) is 6.94. The summed E-state index contributed by atoms with van der Waals surface area (Å²) in [6.45, 7) is 2.46. The van der Waals surface area contributed by atoms with Crippen molar-refractivity contribution >= 4 is 17.7 Å². The first-order valence-electron chi connectivity index (χ1n) is 5.96. The molecule has 0 bridgehead atoms. The van der Waals surface area contributed by atoms with Gasteiger partial charge in [-0.25, -0.2) is 9.97 Å². The summed E-state index contributed by atoms with van der Waals surface area (Å²) in [5.41, 5.74) is 2.00. The molecule has 0 saturated heterocycles. The number of carbonyl (C=O) groups excluding carboxylic acids is 1. The average molecular weight is 273 g/mol. The second-order valence-electron chi connectivity index (χ2n) is 4.05. The van der Waals surface area contributed by atoms with Gasteiger partial charge in [-0.15, -0.1) is 0 Å². The van der Waals surface area contributed by atoms with Gasteiger partial charge in [-0.05, 0) is 18.6 Å². The van der Waals surface area contributed by atoms with Gasteiger partial charge in [0.25, 0.3) is 0 Å². The predicted octanol–water partition coefficient (Wildman–Crippen LogP) is 2.19. The van der Waals surface area contributed by atoms with Gasteiger partial charge in [0.2, 0.25) is 5.91 Å². The van der Waals surface area contributed by atoms with Crippen molar-refractivity contribution in [3.63, 3.8) is 0 Å². The van der Waals surface area contributed by atoms with E-state index >= 15 is 0 Å². The summed E-state index contributed by atoms with van der Waals surface area (Å²) in [5.74, 6) is 0.369. The number of nitrogens with one attached hydrogen (secondary N) is 1. The zero-order chi connectivity index (χ0) is 13.5. The Hall–Kier alpha value is -1.88. The standard InChI is InChI=1S/C14H15N3OS/c1-11-7-14(17-10-16-11)19-9-13(18)15-8-12-5-3-2-4-6-12/h2-7,10H,8-9H2,1H3,(H,15,18). The largest absolute Gasteiger partial charge is 0.351 e. The molecule has 0 unspecified atom stereocenters. The molecule has 0 saturated carbocycles. The van der Waals surface area contributed by atoms with E-state index in [1.807, 2.05) is 43.3 Å². The lowest BCUT2D eigenvalue weighted by Gasteiger charge is -2.05. The van der Waals surface area contributed by atoms with Crippen LogP contribution in [0, 0.1) is 6.92 Å². The SMILES string of the molecule is Cc1cc(SCC(=O)NCc2ccccc2)ncn1. The highest BCUT2D eigenvalue weighted by molar-refractivity contribution is 7.99. The van der Waals surface area contributed by atoms with Crippen molar-refractivity contribution in [1.82, 2.24) is 15.3 Å². The molecule has 4 nitrogen and oxygen atoms in total. The van der Waals surface area contributed by atoms with Crippen molar-refractivity contribution in [3.8, 4) is 0 Å². The zero-order valence-corrected chi connectivity index (χ0v) is 11.5. The van der Waals surface area contributed by atoms with Crippen molar-refractivity contribution in [2.24, 2.45) is 0 Å². The van der Waals surface area contributed by atoms with Gasteiger partial charge in [-0.2, -0.15) is 0 Å². The Kier molecular flexibility index (Phi) is 4.92. The highest BCUT2D eigenvalue weighted by Gasteiger charge is 2.04. The maximum absolute atomic E-state index is 11.7. The first kappa shape index (κ1) is 13.5. The number of aromatic nitrogens is 2. The van der Waals surface area contributed by atoms with E-state index in [0.717, 1.165) is 16.3 Å². The van der Waals surface area contributed by atoms with E-state index in [1.165, 1.54) is 18.1 Å². The van der Waals surface area contributed by atoms with Crippen LogP contribution in [0.4, 0.5) is 0 Å². The zero-order valence-electron chi connectivity index (χ0n) is 10.7. The van der Waals surface area contributed by atoms with Crippen molar-refractivity contribution in [2.45, 2.75) is 18.5 Å². The minimum atomic E-state index is 0.00474. The maximum atomic E-state index is 11.7. The fraction of sp³-hybridized carbons (Fsp3) is 0.214. The molecule has 0 aliphatic rings. The molecule has 1 N–H and O–H groups in total. The lowest BCUT2D eigenvalue weighted by molar-refractivity contribution is -0.118. The second-order valence-corrected chi connectivity index (χ2v) is 5.04. The van der Waals surface area contributed by atoms with Crippen molar-refractivity contribution in [2.75, 3.05) is 5.75 Å². The molecule has 2 aromatic rings. The summed E-state index contributed by atoms with van der Waals surface area (Å²) >= 11 is 1.41. The number of carbonyl (C=O) groups is 1. The summed E-state index contributed by atoms with van der Waals surface area (Å²) in [7, 11) is 0. The van der Waals surface area contributed by atoms with Crippen LogP contribution < -0.4 is 5.32 Å². The summed E-state index contributed by atoms with van der Waals surface area (Å²) in [6, 6.07) is 11.7. The number of aryl methyl sites for hydroxylation is 1. The molecule has 0 atom stereocenters. The third kappa shape index (κ3) is 4.71. The molecule has 0 aliphatic heterocycles. The van der Waals surface area contributed by atoms with Gasteiger partial charge in [0.05, 0.1) is 5.75 Å². The monoisotopic (exact) mass is 273 g/mol. The smallest absolute Gasteiger partial charge is 0.230 e. The normalized spacial score (nSPS) is 10.2. The van der Waals surface area contributed by atoms with Crippen LogP contribution in [0.2, 0.25) is 0 Å². The molecule has 1 amide bonds. The molecule has 1 aromatic carbocycles. The van der Waals surface area contributed by atoms with Crippen LogP contribution in [0.3, 0.4) is 0 Å². The summed E-state index contributed by atoms with van der Waals surface area (Å²) < 4.78 is 0. The molecular weight excluding hydrogens is 258 g/mol. The van der Waals surface area contributed by atoms with Gasteiger partial charge >= 0.3 is 0 Å². The maximum Gasteiger partial charge on any atom is 0.230 e. The van der Waals surface area contributed by atoms with Crippen LogP contribution in [-0.4, -0.2) is 21.6 Å². The number of benzene rings is 1. The van der Waals surface area contributed by atoms with Gasteiger partial charge in [0, 0.05) is 12.2 Å². The van der Waals surface area contributed by atoms with Crippen molar-refractivity contribution in [3.05, 3.63) is 54.0 Å². The van der Waals surface area contributed by atoms with Gasteiger partial charge in [-0.1, -0.05) is 42.1 Å². The quantitative estimate of drug-likeness (QED) is 0.670. The van der Waals surface area contributed by atoms with E-state index in [0.29, 0.717) is 12.3 Å². The average Bonchev–Trinajstić information content (AvgIpc) is 2.44. The minimum Gasteiger partial charge on any atom is -0.351 e. The predicted molar refractivity (Wildman–Crippen MR) is 75.8 cm³/mol. The molecule has 0 aliphatic carbocycles. The van der Waals surface area contributed by atoms with Gasteiger partial charge < -0.3 is 5.32 Å². The van der Waals surface area contributed by atoms with Crippen LogP contribution in [0.1, 0.15) is 11.3 Å². The molecule has 1 aromatic heterocycles. The minimum absolute atomic E-state index is 0.00474. The third-order valence-electron chi connectivity index (χ3n) is 2.46. The molecule has 98 valence electrons. The third-order valence-corrected chi connectivity index (χ3v) is 3.39. The molecule has 0 spiro atoms. The fourth-order valence-corrected chi connectivity index (χ4v) is 2.25. The number of hydrogen-bond donors (Lipinski definition) is 1. The summed E-state index contributed by atoms with van der Waals surface area (Å²) in [4.78, 5) is 19.8. The summed E-state index contributed by atoms with van der Waals surface area (Å²) in [5, 5.41) is 3.70. The fourth-order valence-electron chi connectivity index (χ4n) is 1.50. The lowest BCUT2D eigenvalue weighted by Crippen LogP contribution is -2.24. The van der Waals surface area contributed by atoms with E-state index in [-0.39, 0.29) is 5.91 Å². The van der Waals surface area contributed by atoms with E-state index in [4.69, 9.17) is 0 Å². The Bertz CT molecular complexity index is 545. The van der Waals surface area contributed by atoms with E-state index in [2.05, 4.69) is 15.3 Å².